The summed E-state index contributed by atoms with van der Waals surface area (Å²) in [5, 5.41) is 0. The predicted molar refractivity (Wildman–Crippen MR) is 58.2 cm³/mol. The molecule has 0 saturated heterocycles. The molecule has 0 aliphatic heterocycles. The molecule has 2 heteroatoms. The highest BCUT2D eigenvalue weighted by Crippen LogP contribution is 2.46. The highest BCUT2D eigenvalue weighted by atomic mass is 35.5. The van der Waals surface area contributed by atoms with Crippen LogP contribution in [0.5, 0.6) is 0 Å². The Morgan fingerprint density at radius 3 is 1.33 bits per heavy atom. The Balaban J connectivity index is 4.83. The van der Waals surface area contributed by atoms with E-state index in [1.807, 2.05) is 0 Å². The lowest BCUT2D eigenvalue weighted by molar-refractivity contribution is 0.0819. The maximum absolute atomic E-state index is 6.02. The van der Waals surface area contributed by atoms with Gasteiger partial charge in [-0.15, -0.1) is 23.2 Å². The zero-order valence-corrected chi connectivity index (χ0v) is 10.3. The highest BCUT2D eigenvalue weighted by molar-refractivity contribution is 6.21. The molecule has 0 bridgehead atoms. The molecule has 0 N–H and O–H groups in total. The fourth-order valence-corrected chi connectivity index (χ4v) is 3.32. The fourth-order valence-electron chi connectivity index (χ4n) is 1.61. The van der Waals surface area contributed by atoms with E-state index in [1.165, 1.54) is 0 Å². The molecule has 0 aromatic rings. The summed E-state index contributed by atoms with van der Waals surface area (Å²) in [5.74, 6) is 1.79. The zero-order valence-electron chi connectivity index (χ0n) is 8.75. The predicted octanol–water partition coefficient (Wildman–Crippen LogP) is 4.15. The highest BCUT2D eigenvalue weighted by Gasteiger charge is 2.42. The number of hydrogen-bond acceptors (Lipinski definition) is 0. The number of rotatable bonds is 3. The second-order valence-corrected chi connectivity index (χ2v) is 5.36. The van der Waals surface area contributed by atoms with E-state index in [1.54, 1.807) is 0 Å². The third-order valence-corrected chi connectivity index (χ3v) is 4.03. The van der Waals surface area contributed by atoms with Crippen molar-refractivity contribution in [3.8, 4) is 0 Å². The first kappa shape index (κ1) is 12.6. The molecular weight excluding hydrogens is 191 g/mol. The Labute approximate surface area is 86.6 Å². The van der Waals surface area contributed by atoms with Crippen LogP contribution in [0.4, 0.5) is 0 Å². The van der Waals surface area contributed by atoms with Crippen LogP contribution in [0.2, 0.25) is 0 Å². The van der Waals surface area contributed by atoms with Gasteiger partial charge in [-0.3, -0.25) is 0 Å². The quantitative estimate of drug-likeness (QED) is 0.615. The summed E-state index contributed by atoms with van der Waals surface area (Å²) in [6.07, 6.45) is 0. The Hall–Kier alpha value is 0.580. The Bertz CT molecular complexity index is 129. The van der Waals surface area contributed by atoms with Gasteiger partial charge in [0.05, 0.1) is 0 Å². The lowest BCUT2D eigenvalue weighted by Crippen LogP contribution is -2.43. The van der Waals surface area contributed by atoms with Gasteiger partial charge < -0.3 is 0 Å². The summed E-state index contributed by atoms with van der Waals surface area (Å²) in [6.45, 7) is 11.0. The van der Waals surface area contributed by atoms with Crippen LogP contribution in [0.15, 0.2) is 0 Å². The van der Waals surface area contributed by atoms with E-state index in [9.17, 15) is 0 Å². The molecule has 0 fully saturated rings. The van der Waals surface area contributed by atoms with Crippen molar-refractivity contribution in [2.45, 2.75) is 34.6 Å². The lowest BCUT2D eigenvalue weighted by atomic mass is 9.63. The number of alkyl halides is 2. The van der Waals surface area contributed by atoms with Crippen molar-refractivity contribution in [1.82, 2.24) is 0 Å². The van der Waals surface area contributed by atoms with Crippen LogP contribution in [0.3, 0.4) is 0 Å². The van der Waals surface area contributed by atoms with Crippen molar-refractivity contribution in [1.29, 1.82) is 0 Å². The van der Waals surface area contributed by atoms with E-state index in [2.05, 4.69) is 34.6 Å². The van der Waals surface area contributed by atoms with Gasteiger partial charge in [0.2, 0.25) is 0 Å². The van der Waals surface area contributed by atoms with Crippen LogP contribution in [0, 0.1) is 16.7 Å². The van der Waals surface area contributed by atoms with Gasteiger partial charge in [0.1, 0.15) is 0 Å². The summed E-state index contributed by atoms with van der Waals surface area (Å²) in [7, 11) is 0. The van der Waals surface area contributed by atoms with Crippen molar-refractivity contribution >= 4 is 23.2 Å². The molecule has 0 aliphatic carbocycles. The van der Waals surface area contributed by atoms with Gasteiger partial charge in [-0.1, -0.05) is 34.6 Å². The minimum Gasteiger partial charge on any atom is -0.126 e. The Morgan fingerprint density at radius 2 is 1.33 bits per heavy atom. The molecule has 0 atom stereocenters. The normalized spacial score (nSPS) is 14.0. The van der Waals surface area contributed by atoms with Crippen molar-refractivity contribution < 1.29 is 0 Å². The fraction of sp³-hybridized carbons (Fsp3) is 1.00. The Morgan fingerprint density at radius 1 is 1.00 bits per heavy atom. The molecule has 0 saturated carbocycles. The summed E-state index contributed by atoms with van der Waals surface area (Å²) in [5.41, 5.74) is 0.223. The molecule has 0 radical (unpaired) electrons. The first-order valence-corrected chi connectivity index (χ1v) is 5.50. The number of halogens is 2. The first-order valence-electron chi connectivity index (χ1n) is 4.44. The average molecular weight is 211 g/mol. The molecule has 0 aliphatic rings. The summed E-state index contributed by atoms with van der Waals surface area (Å²) >= 11 is 12.0. The van der Waals surface area contributed by atoms with Gasteiger partial charge in [-0.25, -0.2) is 0 Å². The van der Waals surface area contributed by atoms with Crippen molar-refractivity contribution in [3.05, 3.63) is 0 Å². The lowest BCUT2D eigenvalue weighted by Gasteiger charge is -2.45. The molecule has 0 amide bonds. The zero-order chi connectivity index (χ0) is 9.99. The van der Waals surface area contributed by atoms with Crippen molar-refractivity contribution in [2.75, 3.05) is 11.8 Å². The largest absolute Gasteiger partial charge is 0.126 e. The minimum atomic E-state index is 0.0517. The number of hydrogen-bond donors (Lipinski definition) is 0. The van der Waals surface area contributed by atoms with E-state index in [4.69, 9.17) is 23.2 Å². The second kappa shape index (κ2) is 4.19. The molecule has 0 spiro atoms. The average Bonchev–Trinajstić information content (AvgIpc) is 1.87. The van der Waals surface area contributed by atoms with Crippen LogP contribution in [0.25, 0.3) is 0 Å². The van der Waals surface area contributed by atoms with E-state index in [0.29, 0.717) is 17.7 Å². The molecule has 0 aromatic carbocycles. The van der Waals surface area contributed by atoms with Gasteiger partial charge in [0, 0.05) is 17.2 Å². The summed E-state index contributed by atoms with van der Waals surface area (Å²) in [6, 6.07) is 0. The van der Waals surface area contributed by atoms with Crippen LogP contribution in [0.1, 0.15) is 34.6 Å². The SMILES string of the molecule is CC(C)C(CCl)(CCl)C(C)(C)C. The molecule has 74 valence electrons. The minimum absolute atomic E-state index is 0.0517. The molecule has 0 nitrogen and oxygen atoms in total. The third kappa shape index (κ3) is 2.09. The van der Waals surface area contributed by atoms with E-state index in [0.717, 1.165) is 0 Å². The molecule has 0 unspecified atom stereocenters. The van der Waals surface area contributed by atoms with Gasteiger partial charge in [-0.05, 0) is 11.3 Å². The molecule has 12 heavy (non-hydrogen) atoms. The van der Waals surface area contributed by atoms with Gasteiger partial charge in [-0.2, -0.15) is 0 Å². The second-order valence-electron chi connectivity index (χ2n) is 4.83. The van der Waals surface area contributed by atoms with Crippen LogP contribution in [-0.4, -0.2) is 11.8 Å². The van der Waals surface area contributed by atoms with Gasteiger partial charge in [0.25, 0.3) is 0 Å². The summed E-state index contributed by atoms with van der Waals surface area (Å²) < 4.78 is 0. The molecular formula is C10H20Cl2. The third-order valence-electron chi connectivity index (χ3n) is 3.08. The molecule has 0 rings (SSSR count). The van der Waals surface area contributed by atoms with Gasteiger partial charge in [0.15, 0.2) is 0 Å². The van der Waals surface area contributed by atoms with Crippen LogP contribution < -0.4 is 0 Å². The Kier molecular flexibility index (Phi) is 4.40. The first-order chi connectivity index (χ1) is 5.31. The van der Waals surface area contributed by atoms with Crippen LogP contribution >= 0.6 is 23.2 Å². The van der Waals surface area contributed by atoms with Crippen molar-refractivity contribution in [2.24, 2.45) is 16.7 Å². The maximum Gasteiger partial charge on any atom is 0.0298 e. The van der Waals surface area contributed by atoms with Crippen LogP contribution in [-0.2, 0) is 0 Å². The monoisotopic (exact) mass is 210 g/mol. The summed E-state index contributed by atoms with van der Waals surface area (Å²) in [4.78, 5) is 0. The van der Waals surface area contributed by atoms with Crippen molar-refractivity contribution in [3.63, 3.8) is 0 Å². The topological polar surface area (TPSA) is 0 Å². The maximum atomic E-state index is 6.02. The molecule has 0 heterocycles. The van der Waals surface area contributed by atoms with E-state index < -0.39 is 0 Å². The molecule has 0 aromatic heterocycles. The van der Waals surface area contributed by atoms with E-state index in [-0.39, 0.29) is 10.8 Å². The smallest absolute Gasteiger partial charge is 0.0298 e. The standard InChI is InChI=1S/C10H20Cl2/c1-8(2)10(6-11,7-12)9(3,4)5/h8H,6-7H2,1-5H3. The van der Waals surface area contributed by atoms with Gasteiger partial charge >= 0.3 is 0 Å². The van der Waals surface area contributed by atoms with E-state index >= 15 is 0 Å².